The highest BCUT2D eigenvalue weighted by Gasteiger charge is 2.30. The minimum Gasteiger partial charge on any atom is -0.465 e. The molecule has 1 aromatic carbocycles. The first-order chi connectivity index (χ1) is 8.08. The predicted molar refractivity (Wildman–Crippen MR) is 66.4 cm³/mol. The molecule has 1 amide bonds. The molecule has 1 fully saturated rings. The van der Waals surface area contributed by atoms with Crippen molar-refractivity contribution in [1.82, 2.24) is 10.2 Å². The van der Waals surface area contributed by atoms with Crippen LogP contribution in [0, 0.1) is 0 Å². The minimum atomic E-state index is -0.886. The highest BCUT2D eigenvalue weighted by Crippen LogP contribution is 2.25. The molecule has 2 rings (SSSR count). The number of benzene rings is 1. The van der Waals surface area contributed by atoms with E-state index in [4.69, 9.17) is 11.6 Å². The van der Waals surface area contributed by atoms with Gasteiger partial charge in [0.2, 0.25) is 0 Å². The van der Waals surface area contributed by atoms with Crippen molar-refractivity contribution in [2.45, 2.75) is 19.0 Å². The Labute approximate surface area is 105 Å². The zero-order chi connectivity index (χ0) is 12.4. The van der Waals surface area contributed by atoms with Gasteiger partial charge in [0.25, 0.3) is 0 Å². The van der Waals surface area contributed by atoms with Crippen LogP contribution in [0.2, 0.25) is 5.02 Å². The van der Waals surface area contributed by atoms with Crippen LogP contribution in [0.25, 0.3) is 0 Å². The minimum absolute atomic E-state index is 0.164. The van der Waals surface area contributed by atoms with Gasteiger partial charge in [-0.3, -0.25) is 4.90 Å². The summed E-state index contributed by atoms with van der Waals surface area (Å²) in [6.07, 6.45) is -0.886. The van der Waals surface area contributed by atoms with E-state index in [1.807, 2.05) is 25.1 Å². The molecule has 92 valence electrons. The van der Waals surface area contributed by atoms with Gasteiger partial charge in [-0.1, -0.05) is 23.7 Å². The molecule has 1 aliphatic heterocycles. The zero-order valence-electron chi connectivity index (χ0n) is 9.56. The van der Waals surface area contributed by atoms with Crippen LogP contribution in [0.1, 0.15) is 18.5 Å². The van der Waals surface area contributed by atoms with Crippen molar-refractivity contribution >= 4 is 17.7 Å². The first-order valence-electron chi connectivity index (χ1n) is 5.56. The van der Waals surface area contributed by atoms with Crippen LogP contribution in [0.15, 0.2) is 24.3 Å². The molecular formula is C12H15ClN2O2. The number of carboxylic acid groups (broad SMARTS) is 1. The van der Waals surface area contributed by atoms with Gasteiger partial charge < -0.3 is 10.4 Å². The molecule has 17 heavy (non-hydrogen) atoms. The molecule has 4 nitrogen and oxygen atoms in total. The van der Waals surface area contributed by atoms with E-state index in [0.717, 1.165) is 5.56 Å². The number of halogens is 1. The van der Waals surface area contributed by atoms with E-state index < -0.39 is 6.09 Å². The van der Waals surface area contributed by atoms with Crippen molar-refractivity contribution in [2.75, 3.05) is 13.1 Å². The number of hydrogen-bond acceptors (Lipinski definition) is 2. The number of carbonyl (C=O) groups is 1. The molecule has 0 aromatic heterocycles. The molecule has 0 unspecified atom stereocenters. The van der Waals surface area contributed by atoms with E-state index in [1.165, 1.54) is 4.90 Å². The fourth-order valence-corrected chi connectivity index (χ4v) is 2.33. The van der Waals surface area contributed by atoms with Gasteiger partial charge in [0.15, 0.2) is 0 Å². The molecule has 0 aliphatic carbocycles. The average Bonchev–Trinajstić information content (AvgIpc) is 2.28. The summed E-state index contributed by atoms with van der Waals surface area (Å²) in [6, 6.07) is 7.37. The predicted octanol–water partition coefficient (Wildman–Crippen LogP) is 2.35. The van der Waals surface area contributed by atoms with Gasteiger partial charge in [0.1, 0.15) is 0 Å². The summed E-state index contributed by atoms with van der Waals surface area (Å²) in [6.45, 7) is 3.09. The number of rotatable bonds is 1. The lowest BCUT2D eigenvalue weighted by atomic mass is 10.0. The maximum absolute atomic E-state index is 11.2. The highest BCUT2D eigenvalue weighted by atomic mass is 35.5. The Morgan fingerprint density at radius 3 is 3.00 bits per heavy atom. The normalized spacial score (nSPS) is 24.7. The van der Waals surface area contributed by atoms with Gasteiger partial charge in [-0.2, -0.15) is 0 Å². The third kappa shape index (κ3) is 2.70. The molecule has 1 saturated heterocycles. The van der Waals surface area contributed by atoms with E-state index in [2.05, 4.69) is 5.32 Å². The Bertz CT molecular complexity index is 425. The van der Waals surface area contributed by atoms with Gasteiger partial charge >= 0.3 is 6.09 Å². The molecule has 0 saturated carbocycles. The SMILES string of the molecule is C[C@@H]1CN(C(=O)O)[C@@H](c2cccc(Cl)c2)CN1. The second-order valence-electron chi connectivity index (χ2n) is 4.32. The fraction of sp³-hybridized carbons (Fsp3) is 0.417. The van der Waals surface area contributed by atoms with E-state index in [-0.39, 0.29) is 12.1 Å². The van der Waals surface area contributed by atoms with Gasteiger partial charge in [-0.05, 0) is 24.6 Å². The van der Waals surface area contributed by atoms with Crippen LogP contribution in [-0.2, 0) is 0 Å². The number of nitrogens with zero attached hydrogens (tertiary/aromatic N) is 1. The smallest absolute Gasteiger partial charge is 0.407 e. The maximum atomic E-state index is 11.2. The molecule has 5 heteroatoms. The lowest BCUT2D eigenvalue weighted by Crippen LogP contribution is -2.52. The summed E-state index contributed by atoms with van der Waals surface area (Å²) >= 11 is 5.93. The first kappa shape index (κ1) is 12.2. The number of hydrogen-bond donors (Lipinski definition) is 2. The van der Waals surface area contributed by atoms with E-state index in [1.54, 1.807) is 6.07 Å². The lowest BCUT2D eigenvalue weighted by Gasteiger charge is -2.37. The first-order valence-corrected chi connectivity index (χ1v) is 5.94. The van der Waals surface area contributed by atoms with Crippen molar-refractivity contribution in [1.29, 1.82) is 0 Å². The summed E-state index contributed by atoms with van der Waals surface area (Å²) in [7, 11) is 0. The van der Waals surface area contributed by atoms with Crippen molar-refractivity contribution < 1.29 is 9.90 Å². The van der Waals surface area contributed by atoms with Crippen LogP contribution < -0.4 is 5.32 Å². The van der Waals surface area contributed by atoms with Crippen molar-refractivity contribution in [3.05, 3.63) is 34.9 Å². The Morgan fingerprint density at radius 2 is 2.35 bits per heavy atom. The second-order valence-corrected chi connectivity index (χ2v) is 4.75. The molecule has 2 atom stereocenters. The van der Waals surface area contributed by atoms with Crippen LogP contribution in [0.3, 0.4) is 0 Å². The van der Waals surface area contributed by atoms with E-state index in [9.17, 15) is 9.90 Å². The van der Waals surface area contributed by atoms with Crippen molar-refractivity contribution in [2.24, 2.45) is 0 Å². The average molecular weight is 255 g/mol. The molecule has 2 N–H and O–H groups in total. The van der Waals surface area contributed by atoms with Crippen LogP contribution >= 0.6 is 11.6 Å². The third-order valence-electron chi connectivity index (χ3n) is 2.99. The summed E-state index contributed by atoms with van der Waals surface area (Å²) in [5.74, 6) is 0. The van der Waals surface area contributed by atoms with Crippen molar-refractivity contribution in [3.63, 3.8) is 0 Å². The van der Waals surface area contributed by atoms with Gasteiger partial charge in [-0.15, -0.1) is 0 Å². The topological polar surface area (TPSA) is 52.6 Å². The van der Waals surface area contributed by atoms with Gasteiger partial charge in [0, 0.05) is 24.2 Å². The molecule has 0 bridgehead atoms. The fourth-order valence-electron chi connectivity index (χ4n) is 2.13. The molecular weight excluding hydrogens is 240 g/mol. The maximum Gasteiger partial charge on any atom is 0.407 e. The molecule has 0 spiro atoms. The quantitative estimate of drug-likeness (QED) is 0.809. The molecule has 0 radical (unpaired) electrons. The number of amides is 1. The van der Waals surface area contributed by atoms with Gasteiger partial charge in [0.05, 0.1) is 6.04 Å². The summed E-state index contributed by atoms with van der Waals surface area (Å²) in [5, 5.41) is 13.1. The largest absolute Gasteiger partial charge is 0.465 e. The van der Waals surface area contributed by atoms with Crippen molar-refractivity contribution in [3.8, 4) is 0 Å². The Balaban J connectivity index is 2.26. The summed E-state index contributed by atoms with van der Waals surface area (Å²) < 4.78 is 0. The Morgan fingerprint density at radius 1 is 1.59 bits per heavy atom. The number of piperazine rings is 1. The van der Waals surface area contributed by atoms with E-state index in [0.29, 0.717) is 18.1 Å². The van der Waals surface area contributed by atoms with Crippen LogP contribution in [0.4, 0.5) is 4.79 Å². The second kappa shape index (κ2) is 4.94. The third-order valence-corrected chi connectivity index (χ3v) is 3.22. The van der Waals surface area contributed by atoms with Crippen LogP contribution in [-0.4, -0.2) is 35.2 Å². The lowest BCUT2D eigenvalue weighted by molar-refractivity contribution is 0.101. The highest BCUT2D eigenvalue weighted by molar-refractivity contribution is 6.30. The standard InChI is InChI=1S/C12H15ClN2O2/c1-8-7-15(12(16)17)11(6-14-8)9-3-2-4-10(13)5-9/h2-5,8,11,14H,6-7H2,1H3,(H,16,17)/t8-,11-/m1/s1. The Hall–Kier alpha value is -1.26. The van der Waals surface area contributed by atoms with E-state index >= 15 is 0 Å². The summed E-state index contributed by atoms with van der Waals surface area (Å²) in [5.41, 5.74) is 0.930. The summed E-state index contributed by atoms with van der Waals surface area (Å²) in [4.78, 5) is 12.7. The van der Waals surface area contributed by atoms with Gasteiger partial charge in [-0.25, -0.2) is 4.79 Å². The molecule has 1 heterocycles. The Kier molecular flexibility index (Phi) is 3.54. The number of nitrogens with one attached hydrogen (secondary N) is 1. The molecule has 1 aliphatic rings. The monoisotopic (exact) mass is 254 g/mol. The van der Waals surface area contributed by atoms with Crippen LogP contribution in [0.5, 0.6) is 0 Å². The zero-order valence-corrected chi connectivity index (χ0v) is 10.3. The molecule has 1 aromatic rings.